The predicted molar refractivity (Wildman–Crippen MR) is 105 cm³/mol. The smallest absolute Gasteiger partial charge is 0.244 e. The Hall–Kier alpha value is -2.15. The number of thiazole rings is 1. The summed E-state index contributed by atoms with van der Waals surface area (Å²) in [5, 5.41) is 5.43. The summed E-state index contributed by atoms with van der Waals surface area (Å²) >= 11 is 7.66. The SMILES string of the molecule is O=C(/C=C/c1c(Cl)nc2sccn12)NC1CCN(Cc2ccccc2)C1. The second-order valence-electron chi connectivity index (χ2n) is 6.39. The summed E-state index contributed by atoms with van der Waals surface area (Å²) in [4.78, 5) is 19.7. The molecule has 0 spiro atoms. The Labute approximate surface area is 160 Å². The number of amides is 1. The maximum atomic E-state index is 12.3. The molecular formula is C19H19ClN4OS. The number of aromatic nitrogens is 2. The first-order chi connectivity index (χ1) is 12.7. The number of hydrogen-bond acceptors (Lipinski definition) is 4. The van der Waals surface area contributed by atoms with Crippen LogP contribution in [0.25, 0.3) is 11.0 Å². The average molecular weight is 387 g/mol. The minimum absolute atomic E-state index is 0.0993. The van der Waals surface area contributed by atoms with Crippen molar-refractivity contribution in [2.24, 2.45) is 0 Å². The lowest BCUT2D eigenvalue weighted by Crippen LogP contribution is -2.35. The Balaban J connectivity index is 1.32. The summed E-state index contributed by atoms with van der Waals surface area (Å²) in [6.45, 7) is 2.79. The first kappa shape index (κ1) is 17.3. The number of benzene rings is 1. The van der Waals surface area contributed by atoms with Crippen molar-refractivity contribution in [3.63, 3.8) is 0 Å². The summed E-state index contributed by atoms with van der Waals surface area (Å²) in [6.07, 6.45) is 6.12. The van der Waals surface area contributed by atoms with Crippen molar-refractivity contribution >= 4 is 39.9 Å². The molecule has 5 nitrogen and oxygen atoms in total. The highest BCUT2D eigenvalue weighted by molar-refractivity contribution is 7.15. The highest BCUT2D eigenvalue weighted by atomic mass is 35.5. The molecule has 134 valence electrons. The monoisotopic (exact) mass is 386 g/mol. The molecule has 26 heavy (non-hydrogen) atoms. The van der Waals surface area contributed by atoms with Gasteiger partial charge in [0.15, 0.2) is 10.1 Å². The summed E-state index contributed by atoms with van der Waals surface area (Å²) in [5.74, 6) is -0.0993. The van der Waals surface area contributed by atoms with E-state index in [-0.39, 0.29) is 11.9 Å². The van der Waals surface area contributed by atoms with Crippen molar-refractivity contribution in [3.8, 4) is 0 Å². The second kappa shape index (κ2) is 7.61. The number of imidazole rings is 1. The van der Waals surface area contributed by atoms with E-state index in [1.807, 2.05) is 22.0 Å². The molecule has 1 fully saturated rings. The minimum atomic E-state index is -0.0993. The number of halogens is 1. The van der Waals surface area contributed by atoms with Gasteiger partial charge in [0.05, 0.1) is 5.69 Å². The molecular weight excluding hydrogens is 368 g/mol. The molecule has 0 aliphatic carbocycles. The molecule has 2 aromatic heterocycles. The van der Waals surface area contributed by atoms with E-state index in [0.717, 1.165) is 36.7 Å². The third kappa shape index (κ3) is 3.82. The quantitative estimate of drug-likeness (QED) is 0.683. The third-order valence-corrected chi connectivity index (χ3v) is 5.55. The number of likely N-dealkylation sites (tertiary alicyclic amines) is 1. The second-order valence-corrected chi connectivity index (χ2v) is 7.62. The van der Waals surface area contributed by atoms with Crippen LogP contribution >= 0.6 is 22.9 Å². The summed E-state index contributed by atoms with van der Waals surface area (Å²) in [7, 11) is 0. The van der Waals surface area contributed by atoms with Gasteiger partial charge < -0.3 is 5.32 Å². The fraction of sp³-hybridized carbons (Fsp3) is 0.263. The van der Waals surface area contributed by atoms with Gasteiger partial charge in [-0.15, -0.1) is 11.3 Å². The molecule has 1 N–H and O–H groups in total. The molecule has 7 heteroatoms. The van der Waals surface area contributed by atoms with Gasteiger partial charge in [-0.05, 0) is 18.1 Å². The average Bonchev–Trinajstić information content (AvgIpc) is 3.31. The summed E-state index contributed by atoms with van der Waals surface area (Å²) in [5.41, 5.74) is 2.03. The van der Waals surface area contributed by atoms with Crippen LogP contribution in [0, 0.1) is 0 Å². The number of carbonyl (C=O) groups excluding carboxylic acids is 1. The number of fused-ring (bicyclic) bond motifs is 1. The third-order valence-electron chi connectivity index (χ3n) is 4.51. The van der Waals surface area contributed by atoms with Crippen molar-refractivity contribution in [1.29, 1.82) is 0 Å². The van der Waals surface area contributed by atoms with Crippen molar-refractivity contribution in [2.75, 3.05) is 13.1 Å². The number of nitrogens with zero attached hydrogens (tertiary/aromatic N) is 3. The van der Waals surface area contributed by atoms with Crippen LogP contribution in [0.5, 0.6) is 0 Å². The zero-order valence-corrected chi connectivity index (χ0v) is 15.7. The van der Waals surface area contributed by atoms with Crippen molar-refractivity contribution in [1.82, 2.24) is 19.6 Å². The highest BCUT2D eigenvalue weighted by Gasteiger charge is 2.23. The van der Waals surface area contributed by atoms with E-state index >= 15 is 0 Å². The molecule has 1 saturated heterocycles. The lowest BCUT2D eigenvalue weighted by atomic mass is 10.2. The number of nitrogens with one attached hydrogen (secondary N) is 1. The van der Waals surface area contributed by atoms with Gasteiger partial charge in [0, 0.05) is 43.3 Å². The molecule has 3 heterocycles. The van der Waals surface area contributed by atoms with Gasteiger partial charge in [0.2, 0.25) is 5.91 Å². The Morgan fingerprint density at radius 2 is 2.23 bits per heavy atom. The fourth-order valence-electron chi connectivity index (χ4n) is 3.27. The number of rotatable bonds is 5. The minimum Gasteiger partial charge on any atom is -0.348 e. The van der Waals surface area contributed by atoms with Crippen molar-refractivity contribution in [2.45, 2.75) is 19.0 Å². The maximum absolute atomic E-state index is 12.3. The largest absolute Gasteiger partial charge is 0.348 e. The lowest BCUT2D eigenvalue weighted by molar-refractivity contribution is -0.117. The number of hydrogen-bond donors (Lipinski definition) is 1. The zero-order valence-electron chi connectivity index (χ0n) is 14.1. The Morgan fingerprint density at radius 1 is 1.38 bits per heavy atom. The first-order valence-electron chi connectivity index (χ1n) is 8.55. The highest BCUT2D eigenvalue weighted by Crippen LogP contribution is 2.22. The van der Waals surface area contributed by atoms with Gasteiger partial charge in [-0.1, -0.05) is 41.9 Å². The van der Waals surface area contributed by atoms with E-state index in [4.69, 9.17) is 11.6 Å². The van der Waals surface area contributed by atoms with Crippen LogP contribution in [0.4, 0.5) is 0 Å². The van der Waals surface area contributed by atoms with Gasteiger partial charge in [-0.25, -0.2) is 4.98 Å². The van der Waals surface area contributed by atoms with Crippen LogP contribution in [0.2, 0.25) is 5.15 Å². The van der Waals surface area contributed by atoms with Gasteiger partial charge in [0.1, 0.15) is 0 Å². The van der Waals surface area contributed by atoms with Crippen LogP contribution < -0.4 is 5.32 Å². The Morgan fingerprint density at radius 3 is 3.08 bits per heavy atom. The molecule has 1 aliphatic rings. The molecule has 1 amide bonds. The van der Waals surface area contributed by atoms with E-state index in [1.54, 1.807) is 6.08 Å². The molecule has 3 aromatic rings. The van der Waals surface area contributed by atoms with E-state index < -0.39 is 0 Å². The molecule has 1 atom stereocenters. The predicted octanol–water partition coefficient (Wildman–Crippen LogP) is 3.45. The summed E-state index contributed by atoms with van der Waals surface area (Å²) < 4.78 is 1.88. The molecule has 1 aliphatic heterocycles. The molecule has 0 radical (unpaired) electrons. The van der Waals surface area contributed by atoms with Crippen LogP contribution in [0.15, 0.2) is 48.0 Å². The van der Waals surface area contributed by atoms with E-state index in [9.17, 15) is 4.79 Å². The molecule has 1 aromatic carbocycles. The van der Waals surface area contributed by atoms with Crippen LogP contribution in [0.1, 0.15) is 17.7 Å². The van der Waals surface area contributed by atoms with E-state index in [2.05, 4.69) is 39.5 Å². The first-order valence-corrected chi connectivity index (χ1v) is 9.81. The van der Waals surface area contributed by atoms with Gasteiger partial charge in [0.25, 0.3) is 0 Å². The van der Waals surface area contributed by atoms with E-state index in [0.29, 0.717) is 5.15 Å². The fourth-order valence-corrected chi connectivity index (χ4v) is 4.27. The molecule has 1 unspecified atom stereocenters. The maximum Gasteiger partial charge on any atom is 0.244 e. The van der Waals surface area contributed by atoms with E-state index in [1.165, 1.54) is 23.0 Å². The topological polar surface area (TPSA) is 49.6 Å². The van der Waals surface area contributed by atoms with Gasteiger partial charge in [-0.3, -0.25) is 14.1 Å². The van der Waals surface area contributed by atoms with Crippen LogP contribution in [-0.4, -0.2) is 39.3 Å². The van der Waals surface area contributed by atoms with Crippen LogP contribution in [-0.2, 0) is 11.3 Å². The zero-order chi connectivity index (χ0) is 17.9. The summed E-state index contributed by atoms with van der Waals surface area (Å²) in [6, 6.07) is 10.6. The Bertz CT molecular complexity index is 934. The van der Waals surface area contributed by atoms with Crippen LogP contribution in [0.3, 0.4) is 0 Å². The van der Waals surface area contributed by atoms with Crippen molar-refractivity contribution < 1.29 is 4.79 Å². The Kier molecular flexibility index (Phi) is 5.06. The number of carbonyl (C=O) groups is 1. The molecule has 4 rings (SSSR count). The van der Waals surface area contributed by atoms with Gasteiger partial charge >= 0.3 is 0 Å². The normalized spacial score (nSPS) is 18.1. The lowest BCUT2D eigenvalue weighted by Gasteiger charge is -2.16. The molecule has 0 bridgehead atoms. The van der Waals surface area contributed by atoms with Gasteiger partial charge in [-0.2, -0.15) is 0 Å². The van der Waals surface area contributed by atoms with Crippen molar-refractivity contribution in [3.05, 3.63) is 64.4 Å². The molecule has 0 saturated carbocycles. The standard InChI is InChI=1S/C19H19ClN4OS/c20-18-16(24-10-11-26-19(24)22-18)6-7-17(25)21-15-8-9-23(13-15)12-14-4-2-1-3-5-14/h1-7,10-11,15H,8-9,12-13H2,(H,21,25)/b7-6+.